The van der Waals surface area contributed by atoms with Crippen molar-refractivity contribution in [2.45, 2.75) is 19.6 Å². The monoisotopic (exact) mass is 333 g/mol. The van der Waals surface area contributed by atoms with E-state index in [-0.39, 0.29) is 0 Å². The summed E-state index contributed by atoms with van der Waals surface area (Å²) in [6.07, 6.45) is 0. The average Bonchev–Trinajstić information content (AvgIpc) is 2.57. The summed E-state index contributed by atoms with van der Waals surface area (Å²) in [7, 11) is -1.43. The maximum absolute atomic E-state index is 13.4. The minimum Gasteiger partial charge on any atom is -0.357 e. The number of hydrogen-bond acceptors (Lipinski definition) is 4. The lowest BCUT2D eigenvalue weighted by Gasteiger charge is -2.35. The zero-order valence-electron chi connectivity index (χ0n) is 13.9. The standard InChI is InChI=1S/C18H24NO3P/c1-4-21-23(20,22-5-2)18(16-12-8-6-9-13-16)19(3)17-14-10-7-11-15-17/h6-15,18H,4-5H2,1-3H3. The minimum atomic E-state index is -3.35. The molecule has 0 spiro atoms. The third-order valence-corrected chi connectivity index (χ3v) is 6.03. The third kappa shape index (κ3) is 4.23. The van der Waals surface area contributed by atoms with Gasteiger partial charge in [0, 0.05) is 12.7 Å². The van der Waals surface area contributed by atoms with Crippen molar-refractivity contribution >= 4 is 13.3 Å². The second-order valence-electron chi connectivity index (χ2n) is 5.11. The van der Waals surface area contributed by atoms with Crippen molar-refractivity contribution in [3.63, 3.8) is 0 Å². The zero-order valence-corrected chi connectivity index (χ0v) is 14.8. The predicted octanol–water partition coefficient (Wildman–Crippen LogP) is 5.09. The van der Waals surface area contributed by atoms with Crippen LogP contribution < -0.4 is 4.90 Å². The number of para-hydroxylation sites is 1. The third-order valence-electron chi connectivity index (χ3n) is 3.55. The van der Waals surface area contributed by atoms with Crippen molar-refractivity contribution in [2.75, 3.05) is 25.2 Å². The first kappa shape index (κ1) is 17.7. The molecule has 5 heteroatoms. The van der Waals surface area contributed by atoms with Gasteiger partial charge in [-0.05, 0) is 31.5 Å². The SMILES string of the molecule is CCOP(=O)(OCC)C(c1ccccc1)N(C)c1ccccc1. The van der Waals surface area contributed by atoms with Gasteiger partial charge in [-0.2, -0.15) is 0 Å². The van der Waals surface area contributed by atoms with Crippen LogP contribution in [0.5, 0.6) is 0 Å². The second-order valence-corrected chi connectivity index (χ2v) is 7.19. The van der Waals surface area contributed by atoms with Crippen molar-refractivity contribution in [1.82, 2.24) is 0 Å². The molecule has 4 nitrogen and oxygen atoms in total. The molecule has 0 radical (unpaired) electrons. The molecule has 0 bridgehead atoms. The zero-order chi connectivity index (χ0) is 16.7. The average molecular weight is 333 g/mol. The molecule has 1 unspecified atom stereocenters. The van der Waals surface area contributed by atoms with Crippen LogP contribution in [0.25, 0.3) is 0 Å². The molecule has 0 aliphatic heterocycles. The molecule has 124 valence electrons. The molecule has 0 N–H and O–H groups in total. The number of nitrogens with zero attached hydrogens (tertiary/aromatic N) is 1. The van der Waals surface area contributed by atoms with Gasteiger partial charge in [-0.15, -0.1) is 0 Å². The lowest BCUT2D eigenvalue weighted by Crippen LogP contribution is -2.26. The van der Waals surface area contributed by atoms with Gasteiger partial charge in [0.1, 0.15) is 0 Å². The first-order valence-corrected chi connectivity index (χ1v) is 9.45. The second kappa shape index (κ2) is 8.30. The van der Waals surface area contributed by atoms with E-state index in [1.54, 1.807) is 0 Å². The maximum Gasteiger partial charge on any atom is 0.357 e. The molecule has 0 saturated heterocycles. The lowest BCUT2D eigenvalue weighted by molar-refractivity contribution is 0.211. The summed E-state index contributed by atoms with van der Waals surface area (Å²) in [5.74, 6) is -0.494. The van der Waals surface area contributed by atoms with E-state index in [1.165, 1.54) is 0 Å². The van der Waals surface area contributed by atoms with Crippen LogP contribution in [0.15, 0.2) is 60.7 Å². The van der Waals surface area contributed by atoms with E-state index in [0.29, 0.717) is 13.2 Å². The molecule has 2 aromatic rings. The fourth-order valence-electron chi connectivity index (χ4n) is 2.59. The smallest absolute Gasteiger partial charge is 0.357 e. The van der Waals surface area contributed by atoms with E-state index in [1.807, 2.05) is 86.5 Å². The highest BCUT2D eigenvalue weighted by Crippen LogP contribution is 2.62. The Morgan fingerprint density at radius 3 is 1.87 bits per heavy atom. The summed E-state index contributed by atoms with van der Waals surface area (Å²) in [4.78, 5) is 1.96. The highest BCUT2D eigenvalue weighted by atomic mass is 31.2. The van der Waals surface area contributed by atoms with E-state index >= 15 is 0 Å². The number of hydrogen-bond donors (Lipinski definition) is 0. The number of rotatable bonds is 8. The Morgan fingerprint density at radius 2 is 1.39 bits per heavy atom. The van der Waals surface area contributed by atoms with Crippen molar-refractivity contribution in [3.8, 4) is 0 Å². The molecule has 1 atom stereocenters. The van der Waals surface area contributed by atoms with E-state index < -0.39 is 13.4 Å². The summed E-state index contributed by atoms with van der Waals surface area (Å²) in [6, 6.07) is 19.6. The molecule has 0 aliphatic carbocycles. The molecule has 2 aromatic carbocycles. The Labute approximate surface area is 138 Å². The summed E-state index contributed by atoms with van der Waals surface area (Å²) in [5.41, 5.74) is 1.87. The van der Waals surface area contributed by atoms with Crippen LogP contribution in [0.2, 0.25) is 0 Å². The summed E-state index contributed by atoms with van der Waals surface area (Å²) < 4.78 is 24.7. The van der Waals surface area contributed by atoms with Gasteiger partial charge in [-0.3, -0.25) is 4.57 Å². The van der Waals surface area contributed by atoms with Gasteiger partial charge in [0.15, 0.2) is 5.78 Å². The first-order chi connectivity index (χ1) is 11.1. The van der Waals surface area contributed by atoms with Crippen LogP contribution in [-0.2, 0) is 13.6 Å². The van der Waals surface area contributed by atoms with Crippen LogP contribution in [-0.4, -0.2) is 20.3 Å². The molecule has 23 heavy (non-hydrogen) atoms. The fourth-order valence-corrected chi connectivity index (χ4v) is 4.76. The Kier molecular flexibility index (Phi) is 6.40. The molecule has 0 aromatic heterocycles. The number of anilines is 1. The van der Waals surface area contributed by atoms with Gasteiger partial charge < -0.3 is 13.9 Å². The van der Waals surface area contributed by atoms with Gasteiger partial charge >= 0.3 is 7.60 Å². The van der Waals surface area contributed by atoms with Crippen molar-refractivity contribution < 1.29 is 13.6 Å². The summed E-state index contributed by atoms with van der Waals surface area (Å²) >= 11 is 0. The fraction of sp³-hybridized carbons (Fsp3) is 0.333. The van der Waals surface area contributed by atoms with E-state index in [0.717, 1.165) is 11.3 Å². The molecule has 0 saturated carbocycles. The van der Waals surface area contributed by atoms with Gasteiger partial charge in [0.2, 0.25) is 0 Å². The van der Waals surface area contributed by atoms with Gasteiger partial charge in [0.25, 0.3) is 0 Å². The predicted molar refractivity (Wildman–Crippen MR) is 94.9 cm³/mol. The Hall–Kier alpha value is -1.61. The summed E-state index contributed by atoms with van der Waals surface area (Å²) in [6.45, 7) is 4.33. The Balaban J connectivity index is 2.49. The number of benzene rings is 2. The van der Waals surface area contributed by atoms with Crippen LogP contribution >= 0.6 is 7.60 Å². The quantitative estimate of drug-likeness (QED) is 0.631. The highest BCUT2D eigenvalue weighted by Gasteiger charge is 2.40. The van der Waals surface area contributed by atoms with Crippen LogP contribution in [0.1, 0.15) is 25.2 Å². The van der Waals surface area contributed by atoms with Crippen molar-refractivity contribution in [2.24, 2.45) is 0 Å². The van der Waals surface area contributed by atoms with Gasteiger partial charge in [-0.1, -0.05) is 48.5 Å². The highest BCUT2D eigenvalue weighted by molar-refractivity contribution is 7.54. The molecule has 0 aliphatic rings. The van der Waals surface area contributed by atoms with E-state index in [4.69, 9.17) is 9.05 Å². The Bertz CT molecular complexity index is 623. The van der Waals surface area contributed by atoms with Crippen LogP contribution in [0.4, 0.5) is 5.69 Å². The maximum atomic E-state index is 13.4. The van der Waals surface area contributed by atoms with Gasteiger partial charge in [0.05, 0.1) is 13.2 Å². The first-order valence-electron chi connectivity index (χ1n) is 7.84. The van der Waals surface area contributed by atoms with Gasteiger partial charge in [-0.25, -0.2) is 0 Å². The minimum absolute atomic E-state index is 0.337. The molecule has 0 amide bonds. The van der Waals surface area contributed by atoms with Crippen molar-refractivity contribution in [1.29, 1.82) is 0 Å². The molecular formula is C18H24NO3P. The van der Waals surface area contributed by atoms with E-state index in [2.05, 4.69) is 0 Å². The topological polar surface area (TPSA) is 38.8 Å². The molecule has 0 fully saturated rings. The van der Waals surface area contributed by atoms with Crippen LogP contribution in [0, 0.1) is 0 Å². The van der Waals surface area contributed by atoms with E-state index in [9.17, 15) is 4.57 Å². The van der Waals surface area contributed by atoms with Crippen molar-refractivity contribution in [3.05, 3.63) is 66.2 Å². The lowest BCUT2D eigenvalue weighted by atomic mass is 10.2. The molecule has 0 heterocycles. The largest absolute Gasteiger partial charge is 0.357 e. The summed E-state index contributed by atoms with van der Waals surface area (Å²) in [5, 5.41) is 0. The molecule has 2 rings (SSSR count). The normalized spacial score (nSPS) is 12.8. The molecular weight excluding hydrogens is 309 g/mol. The Morgan fingerprint density at radius 1 is 0.913 bits per heavy atom. The van der Waals surface area contributed by atoms with Crippen LogP contribution in [0.3, 0.4) is 0 Å².